The lowest BCUT2D eigenvalue weighted by Crippen LogP contribution is -2.51. The van der Waals surface area contributed by atoms with Gasteiger partial charge in [-0.25, -0.2) is 0 Å². The molecule has 2 amide bonds. The summed E-state index contributed by atoms with van der Waals surface area (Å²) in [6, 6.07) is 16.1. The summed E-state index contributed by atoms with van der Waals surface area (Å²) in [5, 5.41) is 0.689. The molecule has 2 aromatic carbocycles. The van der Waals surface area contributed by atoms with E-state index in [1.54, 1.807) is 0 Å². The summed E-state index contributed by atoms with van der Waals surface area (Å²) in [7, 11) is 0. The van der Waals surface area contributed by atoms with E-state index < -0.39 is 0 Å². The summed E-state index contributed by atoms with van der Waals surface area (Å²) in [5.74, 6) is 0.657. The van der Waals surface area contributed by atoms with Crippen LogP contribution in [0, 0.1) is 6.92 Å². The van der Waals surface area contributed by atoms with E-state index in [1.807, 2.05) is 53.1 Å². The normalized spacial score (nSPS) is 14.1. The van der Waals surface area contributed by atoms with E-state index in [0.717, 1.165) is 23.3 Å². The van der Waals surface area contributed by atoms with E-state index in [9.17, 15) is 9.59 Å². The molecule has 0 radical (unpaired) electrons. The Labute approximate surface area is 182 Å². The molecule has 6 heteroatoms. The van der Waals surface area contributed by atoms with Crippen LogP contribution in [0.2, 0.25) is 5.02 Å². The van der Waals surface area contributed by atoms with Crippen LogP contribution in [0.3, 0.4) is 0 Å². The number of halogens is 1. The lowest BCUT2D eigenvalue weighted by Gasteiger charge is -2.35. The van der Waals surface area contributed by atoms with Crippen LogP contribution in [-0.4, -0.2) is 53.5 Å². The van der Waals surface area contributed by atoms with Crippen molar-refractivity contribution in [3.8, 4) is 0 Å². The van der Waals surface area contributed by atoms with Crippen molar-refractivity contribution in [3.05, 3.63) is 64.7 Å². The van der Waals surface area contributed by atoms with Gasteiger partial charge < -0.3 is 9.80 Å². The molecule has 3 rings (SSSR count). The molecule has 0 atom stereocenters. The Bertz CT molecular complexity index is 836. The third-order valence-corrected chi connectivity index (χ3v) is 6.61. The summed E-state index contributed by atoms with van der Waals surface area (Å²) < 4.78 is 0. The zero-order valence-corrected chi connectivity index (χ0v) is 18.3. The molecule has 29 heavy (non-hydrogen) atoms. The molecule has 0 saturated carbocycles. The second-order valence-electron chi connectivity index (χ2n) is 7.32. The Morgan fingerprint density at radius 3 is 2.28 bits per heavy atom. The molecule has 1 fully saturated rings. The van der Waals surface area contributed by atoms with Gasteiger partial charge in [-0.15, -0.1) is 11.8 Å². The fourth-order valence-corrected chi connectivity index (χ4v) is 4.63. The number of amides is 2. The number of hydrogen-bond acceptors (Lipinski definition) is 3. The van der Waals surface area contributed by atoms with Gasteiger partial charge in [0.05, 0.1) is 10.8 Å². The molecule has 1 saturated heterocycles. The zero-order valence-electron chi connectivity index (χ0n) is 16.8. The highest BCUT2D eigenvalue weighted by molar-refractivity contribution is 8.00. The Morgan fingerprint density at radius 2 is 1.62 bits per heavy atom. The molecule has 0 aliphatic carbocycles. The number of carbonyl (C=O) groups excluding carboxylic acids is 2. The Balaban J connectivity index is 1.37. The van der Waals surface area contributed by atoms with Gasteiger partial charge in [-0.1, -0.05) is 48.0 Å². The first-order valence-electron chi connectivity index (χ1n) is 10.0. The highest BCUT2D eigenvalue weighted by Gasteiger charge is 2.23. The van der Waals surface area contributed by atoms with Crippen LogP contribution >= 0.6 is 23.4 Å². The number of rotatable bonds is 7. The molecule has 2 aromatic rings. The van der Waals surface area contributed by atoms with E-state index in [0.29, 0.717) is 43.4 Å². The summed E-state index contributed by atoms with van der Waals surface area (Å²) in [5.41, 5.74) is 2.37. The smallest absolute Gasteiger partial charge is 0.233 e. The molecular weight excluding hydrogens is 404 g/mol. The predicted molar refractivity (Wildman–Crippen MR) is 119 cm³/mol. The molecule has 1 aliphatic rings. The first-order chi connectivity index (χ1) is 14.0. The number of thioether (sulfide) groups is 1. The average molecular weight is 431 g/mol. The Morgan fingerprint density at radius 1 is 0.966 bits per heavy atom. The lowest BCUT2D eigenvalue weighted by molar-refractivity contribution is -0.138. The number of piperazine rings is 1. The second kappa shape index (κ2) is 10.7. The largest absolute Gasteiger partial charge is 0.339 e. The number of benzene rings is 2. The molecule has 4 nitrogen and oxygen atoms in total. The second-order valence-corrected chi connectivity index (χ2v) is 8.75. The first-order valence-corrected chi connectivity index (χ1v) is 11.4. The van der Waals surface area contributed by atoms with Crippen molar-refractivity contribution in [1.29, 1.82) is 0 Å². The number of aryl methyl sites for hydroxylation is 2. The maximum Gasteiger partial charge on any atom is 0.233 e. The van der Waals surface area contributed by atoms with Crippen molar-refractivity contribution in [2.45, 2.75) is 31.1 Å². The number of nitrogens with zero attached hydrogens (tertiary/aromatic N) is 2. The SMILES string of the molecule is Cc1ccc(SCC(=O)N2CCN(C(=O)CCCc3ccccc3)CC2)c(Cl)c1. The van der Waals surface area contributed by atoms with Crippen LogP contribution < -0.4 is 0 Å². The molecule has 154 valence electrons. The fraction of sp³-hybridized carbons (Fsp3) is 0.391. The lowest BCUT2D eigenvalue weighted by atomic mass is 10.1. The minimum Gasteiger partial charge on any atom is -0.339 e. The molecule has 0 N–H and O–H groups in total. The quantitative estimate of drug-likeness (QED) is 0.610. The average Bonchev–Trinajstić information content (AvgIpc) is 2.74. The van der Waals surface area contributed by atoms with Gasteiger partial charge in [0.15, 0.2) is 0 Å². The van der Waals surface area contributed by atoms with Crippen molar-refractivity contribution in [3.63, 3.8) is 0 Å². The number of hydrogen-bond donors (Lipinski definition) is 0. The van der Waals surface area contributed by atoms with E-state index in [-0.39, 0.29) is 11.8 Å². The topological polar surface area (TPSA) is 40.6 Å². The summed E-state index contributed by atoms with van der Waals surface area (Å²) >= 11 is 7.71. The predicted octanol–water partition coefficient (Wildman–Crippen LogP) is 4.43. The van der Waals surface area contributed by atoms with Crippen LogP contribution in [0.15, 0.2) is 53.4 Å². The maximum absolute atomic E-state index is 12.5. The van der Waals surface area contributed by atoms with Gasteiger partial charge in [0, 0.05) is 37.5 Å². The first kappa shape index (κ1) is 21.7. The van der Waals surface area contributed by atoms with Crippen LogP contribution in [0.1, 0.15) is 24.0 Å². The molecule has 0 bridgehead atoms. The van der Waals surface area contributed by atoms with Crippen molar-refractivity contribution < 1.29 is 9.59 Å². The van der Waals surface area contributed by atoms with Gasteiger partial charge in [0.25, 0.3) is 0 Å². The molecule has 0 unspecified atom stereocenters. The van der Waals surface area contributed by atoms with Crippen molar-refractivity contribution >= 4 is 35.2 Å². The standard InChI is InChI=1S/C23H27ClN2O2S/c1-18-10-11-21(20(24)16-18)29-17-23(28)26-14-12-25(13-15-26)22(27)9-5-8-19-6-3-2-4-7-19/h2-4,6-7,10-11,16H,5,8-9,12-15,17H2,1H3. The Hall–Kier alpha value is -1.98. The van der Waals surface area contributed by atoms with E-state index in [4.69, 9.17) is 11.6 Å². The molecule has 1 aliphatic heterocycles. The van der Waals surface area contributed by atoms with Crippen LogP contribution in [-0.2, 0) is 16.0 Å². The van der Waals surface area contributed by atoms with E-state index in [1.165, 1.54) is 17.3 Å². The summed E-state index contributed by atoms with van der Waals surface area (Å²) in [6.07, 6.45) is 2.34. The third-order valence-electron chi connectivity index (χ3n) is 5.12. The van der Waals surface area contributed by atoms with Gasteiger partial charge in [-0.3, -0.25) is 9.59 Å². The Kier molecular flexibility index (Phi) is 8.01. The van der Waals surface area contributed by atoms with Gasteiger partial charge in [-0.2, -0.15) is 0 Å². The van der Waals surface area contributed by atoms with E-state index >= 15 is 0 Å². The molecule has 0 aromatic heterocycles. The summed E-state index contributed by atoms with van der Waals surface area (Å²) in [4.78, 5) is 29.6. The number of carbonyl (C=O) groups is 2. The maximum atomic E-state index is 12.5. The molecule has 0 spiro atoms. The third kappa shape index (κ3) is 6.51. The van der Waals surface area contributed by atoms with E-state index in [2.05, 4.69) is 12.1 Å². The van der Waals surface area contributed by atoms with Gasteiger partial charge >= 0.3 is 0 Å². The minimum atomic E-state index is 0.0998. The van der Waals surface area contributed by atoms with Crippen molar-refractivity contribution in [2.24, 2.45) is 0 Å². The van der Waals surface area contributed by atoms with Crippen molar-refractivity contribution in [1.82, 2.24) is 9.80 Å². The van der Waals surface area contributed by atoms with Gasteiger partial charge in [-0.05, 0) is 43.0 Å². The fourth-order valence-electron chi connectivity index (χ4n) is 3.41. The zero-order chi connectivity index (χ0) is 20.6. The van der Waals surface area contributed by atoms with Crippen molar-refractivity contribution in [2.75, 3.05) is 31.9 Å². The minimum absolute atomic E-state index is 0.0998. The highest BCUT2D eigenvalue weighted by atomic mass is 35.5. The molecular formula is C23H27ClN2O2S. The van der Waals surface area contributed by atoms with Gasteiger partial charge in [0.2, 0.25) is 11.8 Å². The molecule has 1 heterocycles. The summed E-state index contributed by atoms with van der Waals surface area (Å²) in [6.45, 7) is 4.43. The van der Waals surface area contributed by atoms with Crippen LogP contribution in [0.4, 0.5) is 0 Å². The van der Waals surface area contributed by atoms with Crippen LogP contribution in [0.25, 0.3) is 0 Å². The van der Waals surface area contributed by atoms with Crippen LogP contribution in [0.5, 0.6) is 0 Å². The highest BCUT2D eigenvalue weighted by Crippen LogP contribution is 2.28. The van der Waals surface area contributed by atoms with Gasteiger partial charge in [0.1, 0.15) is 0 Å². The monoisotopic (exact) mass is 430 g/mol.